The second-order valence-corrected chi connectivity index (χ2v) is 7.42. The van der Waals surface area contributed by atoms with Crippen LogP contribution in [0.15, 0.2) is 29.2 Å². The molecule has 0 spiro atoms. The van der Waals surface area contributed by atoms with Crippen molar-refractivity contribution in [1.29, 1.82) is 0 Å². The maximum absolute atomic E-state index is 12.1. The third-order valence-electron chi connectivity index (χ3n) is 3.52. The smallest absolute Gasteiger partial charge is 0.240 e. The summed E-state index contributed by atoms with van der Waals surface area (Å²) in [6.07, 6.45) is 0. The fourth-order valence-corrected chi connectivity index (χ4v) is 3.50. The lowest BCUT2D eigenvalue weighted by Crippen LogP contribution is -2.52. The molecular weight excluding hydrogens is 342 g/mol. The van der Waals surface area contributed by atoms with Crippen molar-refractivity contribution in [1.82, 2.24) is 14.9 Å². The molecule has 1 aliphatic rings. The van der Waals surface area contributed by atoms with E-state index in [0.717, 1.165) is 0 Å². The Hall–Kier alpha value is -1.19. The van der Waals surface area contributed by atoms with Gasteiger partial charge in [-0.25, -0.2) is 13.1 Å². The number of ether oxygens (including phenoxy) is 1. The summed E-state index contributed by atoms with van der Waals surface area (Å²) in [5, 5.41) is 3.05. The Kier molecular flexibility index (Phi) is 6.37. The summed E-state index contributed by atoms with van der Waals surface area (Å²) in [7, 11) is -1.78. The van der Waals surface area contributed by atoms with E-state index in [1.807, 2.05) is 11.9 Å². The number of likely N-dealkylation sites (N-methyl/N-ethyl adjacent to an activating group) is 1. The van der Waals surface area contributed by atoms with Crippen LogP contribution in [0.3, 0.4) is 0 Å². The molecule has 23 heavy (non-hydrogen) atoms. The van der Waals surface area contributed by atoms with Gasteiger partial charge >= 0.3 is 0 Å². The van der Waals surface area contributed by atoms with Gasteiger partial charge in [0.1, 0.15) is 6.04 Å². The lowest BCUT2D eigenvalue weighted by atomic mass is 10.2. The average molecular weight is 362 g/mol. The molecule has 2 N–H and O–H groups in total. The molecule has 2 rings (SSSR count). The Bertz CT molecular complexity index is 653. The Morgan fingerprint density at radius 1 is 1.43 bits per heavy atom. The van der Waals surface area contributed by atoms with Crippen molar-refractivity contribution in [3.05, 3.63) is 29.3 Å². The molecule has 1 fully saturated rings. The van der Waals surface area contributed by atoms with Crippen molar-refractivity contribution in [3.63, 3.8) is 0 Å². The van der Waals surface area contributed by atoms with Crippen molar-refractivity contribution in [2.45, 2.75) is 10.9 Å². The van der Waals surface area contributed by atoms with Crippen molar-refractivity contribution in [3.8, 4) is 0 Å². The number of morpholine rings is 1. The Morgan fingerprint density at radius 3 is 2.91 bits per heavy atom. The summed E-state index contributed by atoms with van der Waals surface area (Å²) >= 11 is 5.79. The fourth-order valence-electron chi connectivity index (χ4n) is 2.17. The highest BCUT2D eigenvalue weighted by atomic mass is 35.5. The van der Waals surface area contributed by atoms with E-state index >= 15 is 0 Å². The largest absolute Gasteiger partial charge is 0.378 e. The zero-order valence-electron chi connectivity index (χ0n) is 12.8. The van der Waals surface area contributed by atoms with Gasteiger partial charge in [0, 0.05) is 24.7 Å². The van der Waals surface area contributed by atoms with Crippen LogP contribution in [0.5, 0.6) is 0 Å². The van der Waals surface area contributed by atoms with E-state index in [0.29, 0.717) is 24.8 Å². The van der Waals surface area contributed by atoms with Crippen LogP contribution in [0.4, 0.5) is 0 Å². The van der Waals surface area contributed by atoms with Crippen LogP contribution in [0, 0.1) is 0 Å². The van der Waals surface area contributed by atoms with Gasteiger partial charge in [0.25, 0.3) is 0 Å². The standard InChI is InChI=1S/C14H20ClN3O4S/c1-18-7-8-22-10-13(18)14(19)16-5-6-17-23(20,21)12-4-2-3-11(15)9-12/h2-4,9,13,17H,5-8,10H2,1H3,(H,16,19). The van der Waals surface area contributed by atoms with Crippen molar-refractivity contribution < 1.29 is 17.9 Å². The first-order chi connectivity index (χ1) is 10.9. The number of rotatable bonds is 6. The van der Waals surface area contributed by atoms with Gasteiger partial charge in [0.05, 0.1) is 18.1 Å². The number of benzene rings is 1. The number of nitrogens with one attached hydrogen (secondary N) is 2. The molecule has 1 aromatic rings. The zero-order chi connectivity index (χ0) is 16.9. The topological polar surface area (TPSA) is 87.7 Å². The minimum atomic E-state index is -3.64. The third kappa shape index (κ3) is 5.15. The summed E-state index contributed by atoms with van der Waals surface area (Å²) in [5.41, 5.74) is 0. The first kappa shape index (κ1) is 18.2. The third-order valence-corrected chi connectivity index (χ3v) is 5.22. The molecule has 0 bridgehead atoms. The van der Waals surface area contributed by atoms with Gasteiger partial charge in [0.15, 0.2) is 0 Å². The first-order valence-electron chi connectivity index (χ1n) is 7.21. The van der Waals surface area contributed by atoms with E-state index in [9.17, 15) is 13.2 Å². The van der Waals surface area contributed by atoms with Crippen LogP contribution >= 0.6 is 11.6 Å². The van der Waals surface area contributed by atoms with Crippen molar-refractivity contribution in [2.24, 2.45) is 0 Å². The quantitative estimate of drug-likeness (QED) is 0.700. The highest BCUT2D eigenvalue weighted by molar-refractivity contribution is 7.89. The van der Waals surface area contributed by atoms with Crippen molar-refractivity contribution >= 4 is 27.5 Å². The number of sulfonamides is 1. The van der Waals surface area contributed by atoms with Gasteiger partial charge in [-0.05, 0) is 25.2 Å². The number of amides is 1. The van der Waals surface area contributed by atoms with Gasteiger partial charge in [0.2, 0.25) is 15.9 Å². The van der Waals surface area contributed by atoms with E-state index in [4.69, 9.17) is 16.3 Å². The minimum Gasteiger partial charge on any atom is -0.378 e. The van der Waals surface area contributed by atoms with Gasteiger partial charge in [-0.1, -0.05) is 17.7 Å². The molecule has 9 heteroatoms. The molecule has 7 nitrogen and oxygen atoms in total. The molecule has 0 radical (unpaired) electrons. The summed E-state index contributed by atoms with van der Waals surface area (Å²) in [6, 6.07) is 5.66. The van der Waals surface area contributed by atoms with Crippen LogP contribution in [0.25, 0.3) is 0 Å². The second-order valence-electron chi connectivity index (χ2n) is 5.22. The predicted octanol–water partition coefficient (Wildman–Crippen LogP) is 0.0651. The predicted molar refractivity (Wildman–Crippen MR) is 86.9 cm³/mol. The number of halogens is 1. The van der Waals surface area contributed by atoms with Gasteiger partial charge in [-0.3, -0.25) is 9.69 Å². The lowest BCUT2D eigenvalue weighted by molar-refractivity contribution is -0.131. The molecule has 1 atom stereocenters. The van der Waals surface area contributed by atoms with E-state index < -0.39 is 10.0 Å². The van der Waals surface area contributed by atoms with Gasteiger partial charge in [-0.15, -0.1) is 0 Å². The van der Waals surface area contributed by atoms with Crippen LogP contribution in [-0.4, -0.2) is 65.2 Å². The Balaban J connectivity index is 1.79. The van der Waals surface area contributed by atoms with E-state index in [-0.39, 0.29) is 29.9 Å². The number of hydrogen-bond donors (Lipinski definition) is 2. The maximum atomic E-state index is 12.1. The number of hydrogen-bond acceptors (Lipinski definition) is 5. The molecule has 0 saturated carbocycles. The SMILES string of the molecule is CN1CCOCC1C(=O)NCCNS(=O)(=O)c1cccc(Cl)c1. The molecule has 1 saturated heterocycles. The summed E-state index contributed by atoms with van der Waals surface area (Å²) < 4.78 is 31.8. The average Bonchev–Trinajstić information content (AvgIpc) is 2.52. The minimum absolute atomic E-state index is 0.0942. The van der Waals surface area contributed by atoms with E-state index in [2.05, 4.69) is 10.0 Å². The number of carbonyl (C=O) groups is 1. The van der Waals surface area contributed by atoms with Crippen LogP contribution in [0.1, 0.15) is 0 Å². The maximum Gasteiger partial charge on any atom is 0.240 e. The van der Waals surface area contributed by atoms with Crippen LogP contribution in [0.2, 0.25) is 5.02 Å². The monoisotopic (exact) mass is 361 g/mol. The van der Waals surface area contributed by atoms with Crippen molar-refractivity contribution in [2.75, 3.05) is 39.9 Å². The van der Waals surface area contributed by atoms with E-state index in [1.54, 1.807) is 12.1 Å². The van der Waals surface area contributed by atoms with Gasteiger partial charge in [-0.2, -0.15) is 0 Å². The number of nitrogens with zero attached hydrogens (tertiary/aromatic N) is 1. The second kappa shape index (κ2) is 8.07. The molecule has 128 valence electrons. The zero-order valence-corrected chi connectivity index (χ0v) is 14.4. The van der Waals surface area contributed by atoms with E-state index in [1.165, 1.54) is 12.1 Å². The molecule has 1 amide bonds. The fraction of sp³-hybridized carbons (Fsp3) is 0.500. The first-order valence-corrected chi connectivity index (χ1v) is 9.07. The lowest BCUT2D eigenvalue weighted by Gasteiger charge is -2.31. The molecule has 1 unspecified atom stereocenters. The van der Waals surface area contributed by atoms with Crippen LogP contribution < -0.4 is 10.0 Å². The molecule has 1 aromatic carbocycles. The highest BCUT2D eigenvalue weighted by Crippen LogP contribution is 2.14. The van der Waals surface area contributed by atoms with Crippen LogP contribution in [-0.2, 0) is 19.6 Å². The molecule has 1 heterocycles. The Labute approximate surface area is 141 Å². The summed E-state index contributed by atoms with van der Waals surface area (Å²) in [5.74, 6) is -0.172. The Morgan fingerprint density at radius 2 is 2.22 bits per heavy atom. The summed E-state index contributed by atoms with van der Waals surface area (Å²) in [4.78, 5) is 14.0. The molecule has 0 aliphatic carbocycles. The molecule has 0 aromatic heterocycles. The number of carbonyl (C=O) groups excluding carboxylic acids is 1. The normalized spacial score (nSPS) is 19.5. The highest BCUT2D eigenvalue weighted by Gasteiger charge is 2.26. The molecule has 1 aliphatic heterocycles. The molecular formula is C14H20ClN3O4S. The van der Waals surface area contributed by atoms with Gasteiger partial charge < -0.3 is 10.1 Å². The summed E-state index contributed by atoms with van der Waals surface area (Å²) in [6.45, 7) is 1.94.